The van der Waals surface area contributed by atoms with Crippen molar-refractivity contribution in [3.05, 3.63) is 34.9 Å². The molecule has 2 rings (SSSR count). The Labute approximate surface area is 161 Å². The van der Waals surface area contributed by atoms with Crippen molar-refractivity contribution in [1.82, 2.24) is 5.32 Å². The Hall–Kier alpha value is -1.28. The second-order valence-electron chi connectivity index (χ2n) is 7.60. The topological polar surface area (TPSA) is 21.3 Å². The zero-order valence-electron chi connectivity index (χ0n) is 16.3. The van der Waals surface area contributed by atoms with Gasteiger partial charge in [-0.2, -0.15) is 26.3 Å². The molecular weight excluding hydrogens is 384 g/mol. The molecule has 1 fully saturated rings. The van der Waals surface area contributed by atoms with Gasteiger partial charge >= 0.3 is 12.4 Å². The Kier molecular flexibility index (Phi) is 7.42. The molecule has 8 heteroatoms. The molecular formula is C20H27F6NO. The van der Waals surface area contributed by atoms with Crippen molar-refractivity contribution in [2.75, 3.05) is 13.1 Å². The highest BCUT2D eigenvalue weighted by molar-refractivity contribution is 5.34. The van der Waals surface area contributed by atoms with Crippen molar-refractivity contribution in [1.29, 1.82) is 0 Å². The number of rotatable bonds is 6. The second kappa shape index (κ2) is 9.03. The summed E-state index contributed by atoms with van der Waals surface area (Å²) in [6, 6.07) is 1.65. The van der Waals surface area contributed by atoms with Gasteiger partial charge in [0.25, 0.3) is 0 Å². The van der Waals surface area contributed by atoms with Crippen LogP contribution in [-0.2, 0) is 17.1 Å². The summed E-state index contributed by atoms with van der Waals surface area (Å²) >= 11 is 0. The highest BCUT2D eigenvalue weighted by Gasteiger charge is 2.38. The average molecular weight is 411 g/mol. The SMILES string of the molecule is CCNC[C@@H]1C[C@H](O[C@@H](C)c2cc(C(F)(F)F)cc(C(F)(F)F)c2)CCC1C. The summed E-state index contributed by atoms with van der Waals surface area (Å²) in [6.45, 7) is 7.34. The van der Waals surface area contributed by atoms with Crippen LogP contribution >= 0.6 is 0 Å². The lowest BCUT2D eigenvalue weighted by Gasteiger charge is -2.36. The van der Waals surface area contributed by atoms with Gasteiger partial charge in [-0.15, -0.1) is 0 Å². The van der Waals surface area contributed by atoms with E-state index >= 15 is 0 Å². The number of halogens is 6. The zero-order chi connectivity index (χ0) is 21.1. The summed E-state index contributed by atoms with van der Waals surface area (Å²) in [7, 11) is 0. The first-order chi connectivity index (χ1) is 12.9. The molecule has 1 saturated carbocycles. The molecule has 1 unspecified atom stereocenters. The van der Waals surface area contributed by atoms with E-state index in [0.717, 1.165) is 44.5 Å². The smallest absolute Gasteiger partial charge is 0.371 e. The first-order valence-corrected chi connectivity index (χ1v) is 9.57. The number of ether oxygens (including phenoxy) is 1. The van der Waals surface area contributed by atoms with E-state index in [1.807, 2.05) is 6.92 Å². The molecule has 0 aromatic heterocycles. The van der Waals surface area contributed by atoms with Gasteiger partial charge in [-0.25, -0.2) is 0 Å². The highest BCUT2D eigenvalue weighted by Crippen LogP contribution is 2.39. The maximum atomic E-state index is 13.1. The van der Waals surface area contributed by atoms with Crippen molar-refractivity contribution >= 4 is 0 Å². The van der Waals surface area contributed by atoms with Crippen molar-refractivity contribution in [3.63, 3.8) is 0 Å². The third-order valence-electron chi connectivity index (χ3n) is 5.45. The highest BCUT2D eigenvalue weighted by atomic mass is 19.4. The van der Waals surface area contributed by atoms with Gasteiger partial charge in [-0.3, -0.25) is 0 Å². The molecule has 0 aliphatic heterocycles. The Bertz CT molecular complexity index is 610. The average Bonchev–Trinajstić information content (AvgIpc) is 2.60. The fourth-order valence-corrected chi connectivity index (χ4v) is 3.69. The molecule has 1 aromatic rings. The molecule has 4 atom stereocenters. The minimum absolute atomic E-state index is 0.107. The lowest BCUT2D eigenvalue weighted by molar-refractivity contribution is -0.143. The Morgan fingerprint density at radius 1 is 1.04 bits per heavy atom. The number of hydrogen-bond donors (Lipinski definition) is 1. The summed E-state index contributed by atoms with van der Waals surface area (Å²) in [5.41, 5.74) is -2.73. The van der Waals surface area contributed by atoms with Crippen LogP contribution in [-0.4, -0.2) is 19.2 Å². The lowest BCUT2D eigenvalue weighted by atomic mass is 9.79. The van der Waals surface area contributed by atoms with Crippen molar-refractivity contribution in [2.24, 2.45) is 11.8 Å². The van der Waals surface area contributed by atoms with Crippen molar-refractivity contribution < 1.29 is 31.1 Å². The third-order valence-corrected chi connectivity index (χ3v) is 5.45. The Morgan fingerprint density at radius 3 is 2.11 bits per heavy atom. The van der Waals surface area contributed by atoms with Gasteiger partial charge in [0.15, 0.2) is 0 Å². The number of benzene rings is 1. The van der Waals surface area contributed by atoms with E-state index in [4.69, 9.17) is 4.74 Å². The summed E-state index contributed by atoms with van der Waals surface area (Å²) in [6.07, 6.45) is -8.34. The monoisotopic (exact) mass is 411 g/mol. The van der Waals surface area contributed by atoms with Gasteiger partial charge in [0.05, 0.1) is 23.3 Å². The largest absolute Gasteiger partial charge is 0.416 e. The van der Waals surface area contributed by atoms with Gasteiger partial charge in [0, 0.05) is 0 Å². The molecule has 0 spiro atoms. The first kappa shape index (κ1) is 23.0. The van der Waals surface area contributed by atoms with Gasteiger partial charge in [0.2, 0.25) is 0 Å². The summed E-state index contributed by atoms with van der Waals surface area (Å²) < 4.78 is 84.2. The third kappa shape index (κ3) is 6.11. The minimum atomic E-state index is -4.85. The van der Waals surface area contributed by atoms with E-state index in [-0.39, 0.29) is 17.7 Å². The van der Waals surface area contributed by atoms with E-state index in [2.05, 4.69) is 12.2 Å². The zero-order valence-corrected chi connectivity index (χ0v) is 16.3. The first-order valence-electron chi connectivity index (χ1n) is 9.57. The minimum Gasteiger partial charge on any atom is -0.371 e. The molecule has 0 bridgehead atoms. The van der Waals surface area contributed by atoms with E-state index in [0.29, 0.717) is 11.8 Å². The molecule has 2 nitrogen and oxygen atoms in total. The molecule has 0 saturated heterocycles. The van der Waals surface area contributed by atoms with Crippen LogP contribution in [0.3, 0.4) is 0 Å². The van der Waals surface area contributed by atoms with Crippen LogP contribution in [0.4, 0.5) is 26.3 Å². The molecule has 1 aromatic carbocycles. The van der Waals surface area contributed by atoms with Crippen LogP contribution < -0.4 is 5.32 Å². The van der Waals surface area contributed by atoms with E-state index in [9.17, 15) is 26.3 Å². The molecule has 160 valence electrons. The lowest BCUT2D eigenvalue weighted by Crippen LogP contribution is -2.35. The van der Waals surface area contributed by atoms with Crippen LogP contribution in [0.15, 0.2) is 18.2 Å². The Balaban J connectivity index is 2.18. The van der Waals surface area contributed by atoms with Crippen molar-refractivity contribution in [2.45, 2.75) is 64.6 Å². The fraction of sp³-hybridized carbons (Fsp3) is 0.700. The van der Waals surface area contributed by atoms with Crippen molar-refractivity contribution in [3.8, 4) is 0 Å². The molecule has 0 amide bonds. The van der Waals surface area contributed by atoms with Gasteiger partial charge in [0.1, 0.15) is 0 Å². The molecule has 1 aliphatic carbocycles. The fourth-order valence-electron chi connectivity index (χ4n) is 3.69. The maximum Gasteiger partial charge on any atom is 0.416 e. The Morgan fingerprint density at radius 2 is 1.61 bits per heavy atom. The quantitative estimate of drug-likeness (QED) is 0.562. The van der Waals surface area contributed by atoms with E-state index in [1.165, 1.54) is 6.92 Å². The second-order valence-corrected chi connectivity index (χ2v) is 7.60. The van der Waals surface area contributed by atoms with E-state index < -0.39 is 29.6 Å². The summed E-state index contributed by atoms with van der Waals surface area (Å²) in [5, 5.41) is 3.30. The number of nitrogens with one attached hydrogen (secondary N) is 1. The van der Waals surface area contributed by atoms with Crippen LogP contribution in [0.2, 0.25) is 0 Å². The summed E-state index contributed by atoms with van der Waals surface area (Å²) in [4.78, 5) is 0. The molecule has 0 heterocycles. The predicted molar refractivity (Wildman–Crippen MR) is 94.8 cm³/mol. The van der Waals surface area contributed by atoms with E-state index in [1.54, 1.807) is 0 Å². The molecule has 1 N–H and O–H groups in total. The van der Waals surface area contributed by atoms with Crippen LogP contribution in [0.5, 0.6) is 0 Å². The van der Waals surface area contributed by atoms with Gasteiger partial charge in [-0.1, -0.05) is 13.8 Å². The molecule has 28 heavy (non-hydrogen) atoms. The van der Waals surface area contributed by atoms with Crippen LogP contribution in [0.25, 0.3) is 0 Å². The molecule has 1 aliphatic rings. The number of hydrogen-bond acceptors (Lipinski definition) is 2. The van der Waals surface area contributed by atoms with Gasteiger partial charge in [-0.05, 0) is 74.9 Å². The summed E-state index contributed by atoms with van der Waals surface area (Å²) in [5.74, 6) is 0.873. The van der Waals surface area contributed by atoms with Gasteiger partial charge < -0.3 is 10.1 Å². The van der Waals surface area contributed by atoms with Crippen LogP contribution in [0.1, 0.15) is 62.8 Å². The normalized spacial score (nSPS) is 25.0. The standard InChI is InChI=1S/C20H27F6NO/c1-4-27-11-15-9-18(6-5-12(15)2)28-13(3)14-7-16(19(21,22)23)10-17(8-14)20(24,25)26/h7-8,10,12-13,15,18,27H,4-6,9,11H2,1-3H3/t12?,13-,15-,18+/m0/s1. The molecule has 0 radical (unpaired) electrons. The maximum absolute atomic E-state index is 13.1. The predicted octanol–water partition coefficient (Wildman–Crippen LogP) is 6.22. The number of alkyl halides is 6. The van der Waals surface area contributed by atoms with Crippen LogP contribution in [0, 0.1) is 11.8 Å².